The van der Waals surface area contributed by atoms with Gasteiger partial charge in [0.05, 0.1) is 0 Å². The summed E-state index contributed by atoms with van der Waals surface area (Å²) in [6.07, 6.45) is 0. The van der Waals surface area contributed by atoms with E-state index in [1.807, 2.05) is 0 Å². The van der Waals surface area contributed by atoms with Crippen LogP contribution in [0.3, 0.4) is 0 Å². The fraction of sp³-hybridized carbons (Fsp3) is 0.278. The smallest absolute Gasteiger partial charge is 0.255 e. The number of anilines is 1. The molecule has 5 nitrogen and oxygen atoms in total. The largest absolute Gasteiger partial charge is 0.322 e. The summed E-state index contributed by atoms with van der Waals surface area (Å²) in [6.45, 7) is 5.28. The van der Waals surface area contributed by atoms with Crippen molar-refractivity contribution in [3.63, 3.8) is 0 Å². The minimum Gasteiger partial charge on any atom is -0.322 e. The molecule has 0 saturated heterocycles. The highest BCUT2D eigenvalue weighted by Crippen LogP contribution is 2.22. The van der Waals surface area contributed by atoms with Gasteiger partial charge in [0.1, 0.15) is 16.5 Å². The molecule has 1 N–H and O–H groups in total. The number of rotatable bonds is 6. The Labute approximate surface area is 151 Å². The first-order chi connectivity index (χ1) is 12.2. The van der Waals surface area contributed by atoms with E-state index in [0.717, 1.165) is 16.4 Å². The quantitative estimate of drug-likeness (QED) is 0.831. The Bertz CT molecular complexity index is 926. The van der Waals surface area contributed by atoms with E-state index < -0.39 is 32.5 Å². The van der Waals surface area contributed by atoms with Gasteiger partial charge in [-0.05, 0) is 48.9 Å². The van der Waals surface area contributed by atoms with Crippen LogP contribution in [-0.4, -0.2) is 31.7 Å². The second-order valence-electron chi connectivity index (χ2n) is 5.65. The van der Waals surface area contributed by atoms with E-state index in [1.165, 1.54) is 24.3 Å². The lowest BCUT2D eigenvalue weighted by atomic mass is 10.1. The molecule has 0 aromatic heterocycles. The molecular formula is C18H20F2N2O3S. The van der Waals surface area contributed by atoms with Gasteiger partial charge >= 0.3 is 0 Å². The average molecular weight is 382 g/mol. The average Bonchev–Trinajstić information content (AvgIpc) is 2.58. The Morgan fingerprint density at radius 3 is 2.31 bits per heavy atom. The first-order valence-electron chi connectivity index (χ1n) is 8.07. The number of hydrogen-bond donors (Lipinski definition) is 1. The van der Waals surface area contributed by atoms with E-state index in [-0.39, 0.29) is 18.7 Å². The topological polar surface area (TPSA) is 66.5 Å². The summed E-state index contributed by atoms with van der Waals surface area (Å²) >= 11 is 0. The highest BCUT2D eigenvalue weighted by atomic mass is 32.2. The van der Waals surface area contributed by atoms with Crippen LogP contribution < -0.4 is 5.32 Å². The zero-order valence-corrected chi connectivity index (χ0v) is 15.5. The predicted octanol–water partition coefficient (Wildman–Crippen LogP) is 3.56. The molecule has 140 valence electrons. The second kappa shape index (κ2) is 7.92. The van der Waals surface area contributed by atoms with Gasteiger partial charge < -0.3 is 5.32 Å². The Kier molecular flexibility index (Phi) is 6.09. The SMILES string of the molecule is CCN(CC)S(=O)(=O)c1cc(C(=O)Nc2ccc(F)cc2C)ccc1F. The molecule has 0 fully saturated rings. The molecular weight excluding hydrogens is 362 g/mol. The molecule has 0 bridgehead atoms. The third-order valence-electron chi connectivity index (χ3n) is 3.95. The summed E-state index contributed by atoms with van der Waals surface area (Å²) in [5.41, 5.74) is 0.881. The molecule has 2 rings (SSSR count). The molecule has 0 saturated carbocycles. The van der Waals surface area contributed by atoms with Gasteiger partial charge in [-0.3, -0.25) is 4.79 Å². The molecule has 0 heterocycles. The summed E-state index contributed by atoms with van der Waals surface area (Å²) < 4.78 is 53.5. The third-order valence-corrected chi connectivity index (χ3v) is 6.02. The van der Waals surface area contributed by atoms with Crippen molar-refractivity contribution in [3.8, 4) is 0 Å². The van der Waals surface area contributed by atoms with Crippen molar-refractivity contribution in [3.05, 3.63) is 59.2 Å². The Morgan fingerprint density at radius 1 is 1.08 bits per heavy atom. The molecule has 2 aromatic carbocycles. The third kappa shape index (κ3) is 4.08. The fourth-order valence-corrected chi connectivity index (χ4v) is 4.06. The van der Waals surface area contributed by atoms with E-state index >= 15 is 0 Å². The van der Waals surface area contributed by atoms with Crippen molar-refractivity contribution in [2.24, 2.45) is 0 Å². The molecule has 1 amide bonds. The van der Waals surface area contributed by atoms with Gasteiger partial charge in [-0.1, -0.05) is 13.8 Å². The zero-order chi connectivity index (χ0) is 19.5. The van der Waals surface area contributed by atoms with Crippen LogP contribution in [0.15, 0.2) is 41.3 Å². The minimum atomic E-state index is -4.05. The second-order valence-corrected chi connectivity index (χ2v) is 7.55. The number of nitrogens with zero attached hydrogens (tertiary/aromatic N) is 1. The predicted molar refractivity (Wildman–Crippen MR) is 95.6 cm³/mol. The molecule has 26 heavy (non-hydrogen) atoms. The van der Waals surface area contributed by atoms with Crippen molar-refractivity contribution in [2.45, 2.75) is 25.7 Å². The van der Waals surface area contributed by atoms with Crippen LogP contribution in [0.25, 0.3) is 0 Å². The van der Waals surface area contributed by atoms with Gasteiger partial charge in [-0.15, -0.1) is 0 Å². The van der Waals surface area contributed by atoms with E-state index in [2.05, 4.69) is 5.32 Å². The molecule has 0 aliphatic heterocycles. The molecule has 0 atom stereocenters. The van der Waals surface area contributed by atoms with Crippen LogP contribution in [0.1, 0.15) is 29.8 Å². The van der Waals surface area contributed by atoms with Crippen LogP contribution in [0, 0.1) is 18.6 Å². The van der Waals surface area contributed by atoms with Crippen LogP contribution in [0.4, 0.5) is 14.5 Å². The maximum Gasteiger partial charge on any atom is 0.255 e. The highest BCUT2D eigenvalue weighted by molar-refractivity contribution is 7.89. The standard InChI is InChI=1S/C18H20F2N2O3S/c1-4-22(5-2)26(24,25)17-11-13(6-8-15(17)20)18(23)21-16-9-7-14(19)10-12(16)3/h6-11H,4-5H2,1-3H3,(H,21,23). The molecule has 2 aromatic rings. The molecule has 0 spiro atoms. The van der Waals surface area contributed by atoms with Gasteiger partial charge in [0.2, 0.25) is 10.0 Å². The lowest BCUT2D eigenvalue weighted by Crippen LogP contribution is -2.31. The van der Waals surface area contributed by atoms with E-state index in [1.54, 1.807) is 20.8 Å². The number of carbonyl (C=O) groups is 1. The number of aryl methyl sites for hydroxylation is 1. The number of sulfonamides is 1. The number of amides is 1. The summed E-state index contributed by atoms with van der Waals surface area (Å²) in [5.74, 6) is -1.97. The molecule has 0 unspecified atom stereocenters. The number of benzene rings is 2. The number of halogens is 2. The van der Waals surface area contributed by atoms with Gasteiger partial charge in [-0.2, -0.15) is 4.31 Å². The van der Waals surface area contributed by atoms with Gasteiger partial charge in [0.15, 0.2) is 0 Å². The van der Waals surface area contributed by atoms with Crippen molar-refractivity contribution < 1.29 is 22.0 Å². The molecule has 8 heteroatoms. The van der Waals surface area contributed by atoms with E-state index in [9.17, 15) is 22.0 Å². The van der Waals surface area contributed by atoms with Gasteiger partial charge in [-0.25, -0.2) is 17.2 Å². The molecule has 0 aliphatic carbocycles. The number of nitrogens with one attached hydrogen (secondary N) is 1. The maximum atomic E-state index is 14.1. The maximum absolute atomic E-state index is 14.1. The van der Waals surface area contributed by atoms with Gasteiger partial charge in [0.25, 0.3) is 5.91 Å². The Morgan fingerprint density at radius 2 is 1.73 bits per heavy atom. The minimum absolute atomic E-state index is 0.0131. The molecule has 0 aliphatic rings. The summed E-state index contributed by atoms with van der Waals surface area (Å²) in [7, 11) is -4.05. The number of carbonyl (C=O) groups excluding carboxylic acids is 1. The molecule has 0 radical (unpaired) electrons. The zero-order valence-electron chi connectivity index (χ0n) is 14.7. The Balaban J connectivity index is 2.38. The van der Waals surface area contributed by atoms with Gasteiger partial charge in [0, 0.05) is 24.3 Å². The first-order valence-corrected chi connectivity index (χ1v) is 9.51. The monoisotopic (exact) mass is 382 g/mol. The fourth-order valence-electron chi connectivity index (χ4n) is 2.51. The van der Waals surface area contributed by atoms with Crippen LogP contribution in [0.5, 0.6) is 0 Å². The van der Waals surface area contributed by atoms with E-state index in [4.69, 9.17) is 0 Å². The Hall–Kier alpha value is -2.32. The van der Waals surface area contributed by atoms with Crippen molar-refractivity contribution in [1.29, 1.82) is 0 Å². The van der Waals surface area contributed by atoms with Crippen LogP contribution in [0.2, 0.25) is 0 Å². The lowest BCUT2D eigenvalue weighted by molar-refractivity contribution is 0.102. The lowest BCUT2D eigenvalue weighted by Gasteiger charge is -2.19. The summed E-state index contributed by atoms with van der Waals surface area (Å²) in [5, 5.41) is 2.57. The summed E-state index contributed by atoms with van der Waals surface area (Å²) in [4.78, 5) is 11.9. The highest BCUT2D eigenvalue weighted by Gasteiger charge is 2.26. The normalized spacial score (nSPS) is 11.6. The number of hydrogen-bond acceptors (Lipinski definition) is 3. The van der Waals surface area contributed by atoms with Crippen molar-refractivity contribution >= 4 is 21.6 Å². The van der Waals surface area contributed by atoms with Crippen molar-refractivity contribution in [1.82, 2.24) is 4.31 Å². The van der Waals surface area contributed by atoms with Crippen LogP contribution >= 0.6 is 0 Å². The summed E-state index contributed by atoms with van der Waals surface area (Å²) in [6, 6.07) is 7.02. The first kappa shape index (κ1) is 20.0. The van der Waals surface area contributed by atoms with Crippen LogP contribution in [-0.2, 0) is 10.0 Å². The van der Waals surface area contributed by atoms with Crippen molar-refractivity contribution in [2.75, 3.05) is 18.4 Å². The van der Waals surface area contributed by atoms with E-state index in [0.29, 0.717) is 11.3 Å².